The number of aliphatic hydroxyl groups is 1. The number of fused-ring (bicyclic) bond motifs is 10. The molecule has 7 rings (SSSR count). The van der Waals surface area contributed by atoms with E-state index in [2.05, 4.69) is 19.9 Å². The Labute approximate surface area is 196 Å². The van der Waals surface area contributed by atoms with E-state index in [0.717, 1.165) is 0 Å². The van der Waals surface area contributed by atoms with E-state index in [9.17, 15) is 25.2 Å². The van der Waals surface area contributed by atoms with Crippen LogP contribution in [0.4, 0.5) is 0 Å². The van der Waals surface area contributed by atoms with Crippen molar-refractivity contribution in [3.63, 3.8) is 0 Å². The summed E-state index contributed by atoms with van der Waals surface area (Å²) < 4.78 is 6.14. The molecule has 0 amide bonds. The molecule has 4 N–H and O–H groups in total. The lowest BCUT2D eigenvalue weighted by Crippen LogP contribution is -2.41. The summed E-state index contributed by atoms with van der Waals surface area (Å²) in [7, 11) is 0. The van der Waals surface area contributed by atoms with Crippen molar-refractivity contribution in [2.75, 3.05) is 0 Å². The maximum absolute atomic E-state index is 12.1. The summed E-state index contributed by atoms with van der Waals surface area (Å²) in [4.78, 5) is 30.4. The SMILES string of the molecule is O=C(O)c1cc2c(c3nc4c(O)cccc4nc13)[C@H]1Cc3nc4cccc(O)c4nc3[C@@H](O2)[C@H]1O. The Morgan fingerprint density at radius 2 is 1.57 bits per heavy atom. The maximum atomic E-state index is 12.1. The van der Waals surface area contributed by atoms with Crippen LogP contribution < -0.4 is 4.74 Å². The molecule has 0 unspecified atom stereocenters. The van der Waals surface area contributed by atoms with Crippen molar-refractivity contribution < 1.29 is 30.0 Å². The Morgan fingerprint density at radius 3 is 2.29 bits per heavy atom. The second kappa shape index (κ2) is 6.73. The predicted molar refractivity (Wildman–Crippen MR) is 123 cm³/mol. The lowest BCUT2D eigenvalue weighted by molar-refractivity contribution is -0.0110. The summed E-state index contributed by atoms with van der Waals surface area (Å²) in [5.41, 5.74) is 3.18. The molecule has 10 nitrogen and oxygen atoms in total. The predicted octanol–water partition coefficient (Wildman–Crippen LogP) is 2.97. The van der Waals surface area contributed by atoms with Crippen LogP contribution in [0.15, 0.2) is 42.5 Å². The Morgan fingerprint density at radius 1 is 0.886 bits per heavy atom. The highest BCUT2D eigenvalue weighted by Crippen LogP contribution is 2.50. The summed E-state index contributed by atoms with van der Waals surface area (Å²) in [5.74, 6) is -1.60. The van der Waals surface area contributed by atoms with E-state index >= 15 is 0 Å². The molecule has 0 saturated heterocycles. The number of rotatable bonds is 1. The monoisotopic (exact) mass is 468 g/mol. The maximum Gasteiger partial charge on any atom is 0.338 e. The van der Waals surface area contributed by atoms with Gasteiger partial charge in [0.25, 0.3) is 0 Å². The van der Waals surface area contributed by atoms with Gasteiger partial charge in [0.1, 0.15) is 45.6 Å². The fraction of sp³-hybridized carbons (Fsp3) is 0.160. The summed E-state index contributed by atoms with van der Waals surface area (Å²) >= 11 is 0. The molecule has 2 bridgehead atoms. The molecule has 3 atom stereocenters. The van der Waals surface area contributed by atoms with Crippen molar-refractivity contribution in [2.45, 2.75) is 24.5 Å². The smallest absolute Gasteiger partial charge is 0.338 e. The van der Waals surface area contributed by atoms with E-state index in [1.807, 2.05) is 0 Å². The molecule has 0 radical (unpaired) electrons. The third kappa shape index (κ3) is 2.65. The number of hydrogen-bond acceptors (Lipinski definition) is 9. The summed E-state index contributed by atoms with van der Waals surface area (Å²) in [6.45, 7) is 0. The number of carboxylic acid groups (broad SMARTS) is 1. The lowest BCUT2D eigenvalue weighted by Gasteiger charge is -2.41. The topological polar surface area (TPSA) is 159 Å². The van der Waals surface area contributed by atoms with Gasteiger partial charge in [-0.1, -0.05) is 12.1 Å². The minimum Gasteiger partial charge on any atom is -0.506 e. The van der Waals surface area contributed by atoms with E-state index in [1.165, 1.54) is 18.2 Å². The highest BCUT2D eigenvalue weighted by atomic mass is 16.5. The first kappa shape index (κ1) is 19.9. The highest BCUT2D eigenvalue weighted by Gasteiger charge is 2.46. The Balaban J connectivity index is 1.52. The molecule has 2 aromatic heterocycles. The van der Waals surface area contributed by atoms with Gasteiger partial charge in [-0.05, 0) is 30.3 Å². The van der Waals surface area contributed by atoms with Gasteiger partial charge >= 0.3 is 5.97 Å². The normalized spacial score (nSPS) is 20.4. The van der Waals surface area contributed by atoms with Gasteiger partial charge in [-0.3, -0.25) is 0 Å². The molecule has 3 aromatic carbocycles. The Kier molecular flexibility index (Phi) is 3.82. The van der Waals surface area contributed by atoms with Crippen LogP contribution in [-0.2, 0) is 6.42 Å². The third-order valence-corrected chi connectivity index (χ3v) is 6.76. The van der Waals surface area contributed by atoms with Gasteiger partial charge in [0, 0.05) is 17.9 Å². The van der Waals surface area contributed by atoms with E-state index < -0.39 is 24.1 Å². The number of hydrogen-bond donors (Lipinski definition) is 4. The minimum absolute atomic E-state index is 0.0354. The number of aliphatic hydroxyl groups excluding tert-OH is 1. The van der Waals surface area contributed by atoms with Gasteiger partial charge < -0.3 is 25.2 Å². The second-order valence-corrected chi connectivity index (χ2v) is 8.75. The zero-order valence-corrected chi connectivity index (χ0v) is 17.9. The summed E-state index contributed by atoms with van der Waals surface area (Å²) in [6.07, 6.45) is -1.63. The van der Waals surface area contributed by atoms with Crippen LogP contribution in [0.5, 0.6) is 17.2 Å². The van der Waals surface area contributed by atoms with Crippen molar-refractivity contribution in [1.29, 1.82) is 0 Å². The zero-order chi connectivity index (χ0) is 24.0. The molecule has 0 spiro atoms. The molecule has 1 aliphatic heterocycles. The van der Waals surface area contributed by atoms with Gasteiger partial charge in [-0.15, -0.1) is 0 Å². The fourth-order valence-corrected chi connectivity index (χ4v) is 5.18. The number of ether oxygens (including phenoxy) is 1. The largest absolute Gasteiger partial charge is 0.506 e. The number of nitrogens with zero attached hydrogens (tertiary/aromatic N) is 4. The molecule has 172 valence electrons. The quantitative estimate of drug-likeness (QED) is 0.269. The molecule has 3 heterocycles. The number of benzene rings is 3. The van der Waals surface area contributed by atoms with Crippen molar-refractivity contribution in [1.82, 2.24) is 19.9 Å². The van der Waals surface area contributed by atoms with E-state index in [4.69, 9.17) is 4.74 Å². The van der Waals surface area contributed by atoms with Crippen molar-refractivity contribution in [3.8, 4) is 17.2 Å². The number of carbonyl (C=O) groups is 1. The number of phenolic OH excluding ortho intramolecular Hbond substituents is 2. The molecular formula is C25H16N4O6. The average molecular weight is 468 g/mol. The van der Waals surface area contributed by atoms with E-state index in [0.29, 0.717) is 39.9 Å². The number of para-hydroxylation sites is 2. The number of aromatic carboxylic acids is 1. The average Bonchev–Trinajstić information content (AvgIpc) is 2.83. The van der Waals surface area contributed by atoms with E-state index in [-0.39, 0.29) is 39.4 Å². The van der Waals surface area contributed by atoms with Gasteiger partial charge in [0.2, 0.25) is 0 Å². The number of phenols is 2. The standard InChI is InChI=1S/C25H16N4O6/c30-14-5-1-3-11-19(14)28-21-13(26-11)7-9-17-16(35-24(21)23(9)32)8-10(25(33)34)18-22(17)29-20-12(27-18)4-2-6-15(20)31/h1-6,8-9,23-24,30-32H,7H2,(H,33,34)/t9-,23+,24-/m1/s1. The molecule has 35 heavy (non-hydrogen) atoms. The van der Waals surface area contributed by atoms with Crippen LogP contribution in [0.25, 0.3) is 33.1 Å². The highest BCUT2D eigenvalue weighted by molar-refractivity contribution is 6.05. The molecule has 0 fully saturated rings. The number of aromatic hydroxyl groups is 2. The minimum atomic E-state index is -1.21. The first-order chi connectivity index (χ1) is 16.9. The van der Waals surface area contributed by atoms with Gasteiger partial charge in [0.05, 0.1) is 27.8 Å². The molecule has 0 saturated carbocycles. The first-order valence-electron chi connectivity index (χ1n) is 10.9. The lowest BCUT2D eigenvalue weighted by atomic mass is 9.77. The van der Waals surface area contributed by atoms with Crippen LogP contribution in [0.1, 0.15) is 39.3 Å². The molecule has 2 aliphatic rings. The second-order valence-electron chi connectivity index (χ2n) is 8.75. The van der Waals surface area contributed by atoms with Crippen molar-refractivity contribution in [3.05, 3.63) is 65.0 Å². The molecule has 5 aromatic rings. The van der Waals surface area contributed by atoms with Crippen LogP contribution in [-0.4, -0.2) is 52.4 Å². The Hall–Kier alpha value is -4.57. The van der Waals surface area contributed by atoms with Gasteiger partial charge in [-0.2, -0.15) is 0 Å². The molecular weight excluding hydrogens is 452 g/mol. The number of aromatic nitrogens is 4. The Bertz CT molecular complexity index is 1750. The fourth-order valence-electron chi connectivity index (χ4n) is 5.18. The van der Waals surface area contributed by atoms with Crippen molar-refractivity contribution >= 4 is 39.1 Å². The molecule has 10 heteroatoms. The summed E-state index contributed by atoms with van der Waals surface area (Å²) in [5, 5.41) is 41.8. The van der Waals surface area contributed by atoms with Gasteiger partial charge in [-0.25, -0.2) is 24.7 Å². The van der Waals surface area contributed by atoms with Crippen LogP contribution >= 0.6 is 0 Å². The molecule has 1 aliphatic carbocycles. The summed E-state index contributed by atoms with van der Waals surface area (Å²) in [6, 6.07) is 11.0. The third-order valence-electron chi connectivity index (χ3n) is 6.76. The van der Waals surface area contributed by atoms with E-state index in [1.54, 1.807) is 24.3 Å². The first-order valence-corrected chi connectivity index (χ1v) is 10.9. The zero-order valence-electron chi connectivity index (χ0n) is 17.9. The van der Waals surface area contributed by atoms with Crippen LogP contribution in [0.3, 0.4) is 0 Å². The van der Waals surface area contributed by atoms with Crippen LogP contribution in [0, 0.1) is 0 Å². The van der Waals surface area contributed by atoms with Crippen LogP contribution in [0.2, 0.25) is 0 Å². The van der Waals surface area contributed by atoms with Gasteiger partial charge in [0.15, 0.2) is 6.10 Å². The van der Waals surface area contributed by atoms with Crippen molar-refractivity contribution in [2.24, 2.45) is 0 Å². The number of carboxylic acids is 1.